The van der Waals surface area contributed by atoms with E-state index < -0.39 is 15.9 Å². The molecule has 30 heavy (non-hydrogen) atoms. The fraction of sp³-hybridized carbons (Fsp3) is 0.400. The Balaban J connectivity index is 1.32. The molecular formula is C20H23BrN4O4S. The maximum atomic E-state index is 13.0. The van der Waals surface area contributed by atoms with Gasteiger partial charge >= 0.3 is 0 Å². The molecule has 0 bridgehead atoms. The van der Waals surface area contributed by atoms with Gasteiger partial charge in [0.25, 0.3) is 5.91 Å². The summed E-state index contributed by atoms with van der Waals surface area (Å²) < 4.78 is 28.2. The Morgan fingerprint density at radius 2 is 1.80 bits per heavy atom. The molecule has 0 unspecified atom stereocenters. The number of nitrogens with one attached hydrogen (secondary N) is 3. The predicted molar refractivity (Wildman–Crippen MR) is 114 cm³/mol. The van der Waals surface area contributed by atoms with Crippen molar-refractivity contribution in [3.63, 3.8) is 0 Å². The highest BCUT2D eigenvalue weighted by molar-refractivity contribution is 9.10. The molecule has 4 rings (SSSR count). The normalized spacial score (nSPS) is 17.5. The summed E-state index contributed by atoms with van der Waals surface area (Å²) in [7, 11) is -3.57. The molecule has 8 nitrogen and oxygen atoms in total. The van der Waals surface area contributed by atoms with Crippen LogP contribution in [-0.4, -0.2) is 42.6 Å². The van der Waals surface area contributed by atoms with Crippen molar-refractivity contribution in [1.29, 1.82) is 0 Å². The van der Waals surface area contributed by atoms with Crippen molar-refractivity contribution >= 4 is 37.8 Å². The number of nitrogens with zero attached hydrogens (tertiary/aromatic N) is 1. The number of carbonyl (C=O) groups excluding carboxylic acids is 2. The highest BCUT2D eigenvalue weighted by Crippen LogP contribution is 2.28. The summed E-state index contributed by atoms with van der Waals surface area (Å²) in [6, 6.07) is 7.00. The molecule has 0 atom stereocenters. The number of aryl methyl sites for hydroxylation is 2. The number of hydrogen-bond acceptors (Lipinski definition) is 4. The smallest absolute Gasteiger partial charge is 0.286 e. The number of rotatable bonds is 4. The van der Waals surface area contributed by atoms with Crippen molar-refractivity contribution < 1.29 is 18.0 Å². The monoisotopic (exact) mass is 494 g/mol. The molecule has 2 amide bonds. The van der Waals surface area contributed by atoms with E-state index >= 15 is 0 Å². The third kappa shape index (κ3) is 4.30. The summed E-state index contributed by atoms with van der Waals surface area (Å²) in [5.74, 6) is -1.12. The van der Waals surface area contributed by atoms with Gasteiger partial charge in [-0.05, 0) is 77.4 Å². The van der Waals surface area contributed by atoms with E-state index in [2.05, 4.69) is 31.8 Å². The van der Waals surface area contributed by atoms with Crippen LogP contribution < -0.4 is 10.9 Å². The maximum Gasteiger partial charge on any atom is 0.286 e. The van der Waals surface area contributed by atoms with E-state index in [0.717, 1.165) is 29.3 Å². The number of hydrazine groups is 1. The number of hydrogen-bond donors (Lipinski definition) is 3. The van der Waals surface area contributed by atoms with Crippen molar-refractivity contribution in [2.75, 3.05) is 13.1 Å². The first-order valence-corrected chi connectivity index (χ1v) is 12.1. The lowest BCUT2D eigenvalue weighted by atomic mass is 9.98. The molecule has 3 N–H and O–H groups in total. The van der Waals surface area contributed by atoms with Crippen LogP contribution in [0.5, 0.6) is 0 Å². The lowest BCUT2D eigenvalue weighted by Gasteiger charge is -2.30. The van der Waals surface area contributed by atoms with Crippen LogP contribution in [0.2, 0.25) is 0 Å². The van der Waals surface area contributed by atoms with E-state index in [9.17, 15) is 18.0 Å². The Morgan fingerprint density at radius 1 is 1.07 bits per heavy atom. The van der Waals surface area contributed by atoms with Crippen LogP contribution in [0.4, 0.5) is 0 Å². The molecular weight excluding hydrogens is 472 g/mol. The standard InChI is InChI=1S/C20H23BrN4O4S/c21-16-11-18(22-12-16)20(27)24-23-19(26)14-6-8-25(9-7-14)30(28,29)17-5-4-13-2-1-3-15(13)10-17/h4-5,10-12,14,22H,1-3,6-9H2,(H,23,26)(H,24,27). The second kappa shape index (κ2) is 8.52. The second-order valence-electron chi connectivity index (χ2n) is 7.64. The highest BCUT2D eigenvalue weighted by Gasteiger charge is 2.32. The van der Waals surface area contributed by atoms with Gasteiger partial charge in [-0.15, -0.1) is 0 Å². The molecule has 1 aromatic carbocycles. The van der Waals surface area contributed by atoms with Gasteiger partial charge in [0, 0.05) is 29.7 Å². The molecule has 0 saturated carbocycles. The predicted octanol–water partition coefficient (Wildman–Crippen LogP) is 2.13. The molecule has 2 heterocycles. The van der Waals surface area contributed by atoms with Gasteiger partial charge in [-0.1, -0.05) is 6.07 Å². The average molecular weight is 495 g/mol. The van der Waals surface area contributed by atoms with Crippen molar-refractivity contribution in [2.45, 2.75) is 37.0 Å². The van der Waals surface area contributed by atoms with Crippen molar-refractivity contribution in [3.05, 3.63) is 51.8 Å². The highest BCUT2D eigenvalue weighted by atomic mass is 79.9. The first-order valence-electron chi connectivity index (χ1n) is 9.90. The largest absolute Gasteiger partial charge is 0.356 e. The van der Waals surface area contributed by atoms with Gasteiger partial charge in [-0.25, -0.2) is 8.42 Å². The van der Waals surface area contributed by atoms with Gasteiger partial charge in [-0.2, -0.15) is 4.31 Å². The van der Waals surface area contributed by atoms with Crippen LogP contribution in [0.15, 0.2) is 39.8 Å². The number of piperidine rings is 1. The summed E-state index contributed by atoms with van der Waals surface area (Å²) >= 11 is 3.24. The number of amides is 2. The number of benzene rings is 1. The van der Waals surface area contributed by atoms with Crippen LogP contribution in [0.25, 0.3) is 0 Å². The molecule has 2 aliphatic rings. The molecule has 0 spiro atoms. The van der Waals surface area contributed by atoms with Gasteiger partial charge in [0.2, 0.25) is 15.9 Å². The van der Waals surface area contributed by atoms with Crippen LogP contribution in [0.1, 0.15) is 40.9 Å². The Morgan fingerprint density at radius 3 is 2.50 bits per heavy atom. The number of sulfonamides is 1. The molecule has 1 aliphatic carbocycles. The summed E-state index contributed by atoms with van der Waals surface area (Å²) in [5.41, 5.74) is 7.48. The van der Waals surface area contributed by atoms with Crippen molar-refractivity contribution in [1.82, 2.24) is 20.1 Å². The van der Waals surface area contributed by atoms with Crippen molar-refractivity contribution in [2.24, 2.45) is 5.92 Å². The topological polar surface area (TPSA) is 111 Å². The third-order valence-electron chi connectivity index (χ3n) is 5.72. The van der Waals surface area contributed by atoms with Crippen LogP contribution in [0, 0.1) is 5.92 Å². The first-order chi connectivity index (χ1) is 14.3. The Hall–Kier alpha value is -2.17. The molecule has 1 aromatic heterocycles. The second-order valence-corrected chi connectivity index (χ2v) is 10.5. The summed E-state index contributed by atoms with van der Waals surface area (Å²) in [5, 5.41) is 0. The van der Waals surface area contributed by atoms with E-state index in [4.69, 9.17) is 0 Å². The number of aromatic nitrogens is 1. The van der Waals surface area contributed by atoms with E-state index in [-0.39, 0.29) is 24.9 Å². The molecule has 1 saturated heterocycles. The van der Waals surface area contributed by atoms with Crippen LogP contribution in [-0.2, 0) is 27.7 Å². The number of carbonyl (C=O) groups is 2. The zero-order valence-electron chi connectivity index (χ0n) is 16.3. The maximum absolute atomic E-state index is 13.0. The van der Waals surface area contributed by atoms with E-state index in [1.165, 1.54) is 9.87 Å². The fourth-order valence-corrected chi connectivity index (χ4v) is 5.87. The summed E-state index contributed by atoms with van der Waals surface area (Å²) in [6.45, 7) is 0.546. The number of fused-ring (bicyclic) bond motifs is 1. The SMILES string of the molecule is O=C(NNC(=O)C1CCN(S(=O)(=O)c2ccc3c(c2)CCC3)CC1)c1cc(Br)c[nH]1. The Bertz CT molecular complexity index is 1070. The van der Waals surface area contributed by atoms with Gasteiger partial charge in [0.15, 0.2) is 0 Å². The number of aromatic amines is 1. The van der Waals surface area contributed by atoms with Gasteiger partial charge < -0.3 is 4.98 Å². The van der Waals surface area contributed by atoms with Crippen LogP contribution >= 0.6 is 15.9 Å². The Kier molecular flexibility index (Phi) is 5.99. The minimum Gasteiger partial charge on any atom is -0.356 e. The minimum absolute atomic E-state index is 0.273. The first kappa shape index (κ1) is 21.1. The fourth-order valence-electron chi connectivity index (χ4n) is 4.00. The third-order valence-corrected chi connectivity index (χ3v) is 8.08. The lowest BCUT2D eigenvalue weighted by molar-refractivity contribution is -0.126. The van der Waals surface area contributed by atoms with E-state index in [1.54, 1.807) is 24.4 Å². The number of halogens is 1. The zero-order chi connectivity index (χ0) is 21.3. The zero-order valence-corrected chi connectivity index (χ0v) is 18.7. The minimum atomic E-state index is -3.57. The van der Waals surface area contributed by atoms with E-state index in [0.29, 0.717) is 23.4 Å². The van der Waals surface area contributed by atoms with Crippen molar-refractivity contribution in [3.8, 4) is 0 Å². The molecule has 1 fully saturated rings. The van der Waals surface area contributed by atoms with Gasteiger partial charge in [0.05, 0.1) is 4.90 Å². The summed E-state index contributed by atoms with van der Waals surface area (Å²) in [4.78, 5) is 27.5. The molecule has 10 heteroatoms. The molecule has 1 aliphatic heterocycles. The average Bonchev–Trinajstić information content (AvgIpc) is 3.40. The molecule has 2 aromatic rings. The lowest BCUT2D eigenvalue weighted by Crippen LogP contribution is -2.48. The van der Waals surface area contributed by atoms with Crippen LogP contribution in [0.3, 0.4) is 0 Å². The molecule has 160 valence electrons. The Labute approximate surface area is 183 Å². The van der Waals surface area contributed by atoms with Gasteiger partial charge in [-0.3, -0.25) is 20.4 Å². The quantitative estimate of drug-likeness (QED) is 0.565. The molecule has 0 radical (unpaired) electrons. The summed E-state index contributed by atoms with van der Waals surface area (Å²) in [6.07, 6.45) is 5.42. The van der Waals surface area contributed by atoms with E-state index in [1.807, 2.05) is 6.07 Å². The number of H-pyrrole nitrogens is 1. The van der Waals surface area contributed by atoms with Gasteiger partial charge in [0.1, 0.15) is 5.69 Å².